The van der Waals surface area contributed by atoms with Crippen LogP contribution in [0.4, 0.5) is 0 Å². The van der Waals surface area contributed by atoms with Gasteiger partial charge in [0.1, 0.15) is 23.9 Å². The summed E-state index contributed by atoms with van der Waals surface area (Å²) in [5.41, 5.74) is 6.63. The number of aliphatic carboxylic acids is 2. The van der Waals surface area contributed by atoms with E-state index in [-0.39, 0.29) is 17.1 Å². The number of carboxylic acid groups (broad SMARTS) is 2. The van der Waals surface area contributed by atoms with Gasteiger partial charge in [-0.1, -0.05) is 26.0 Å². The van der Waals surface area contributed by atoms with Crippen molar-refractivity contribution in [2.24, 2.45) is 11.7 Å². The zero-order chi connectivity index (χ0) is 27.7. The number of nitrogens with zero attached hydrogens (tertiary/aromatic N) is 1. The van der Waals surface area contributed by atoms with E-state index in [4.69, 9.17) is 10.8 Å². The van der Waals surface area contributed by atoms with Gasteiger partial charge in [-0.25, -0.2) is 4.79 Å². The summed E-state index contributed by atoms with van der Waals surface area (Å²) >= 11 is 0. The average molecular weight is 509 g/mol. The predicted molar refractivity (Wildman–Crippen MR) is 125 cm³/mol. The molecule has 0 aliphatic rings. The highest BCUT2D eigenvalue weighted by atomic mass is 16.4. The van der Waals surface area contributed by atoms with Gasteiger partial charge in [0.25, 0.3) is 5.91 Å². The van der Waals surface area contributed by atoms with E-state index in [1.54, 1.807) is 26.0 Å². The maximum absolute atomic E-state index is 12.9. The molecule has 0 radical (unpaired) electrons. The van der Waals surface area contributed by atoms with Crippen LogP contribution in [0.2, 0.25) is 0 Å². The lowest BCUT2D eigenvalue weighted by Crippen LogP contribution is -2.59. The van der Waals surface area contributed by atoms with Gasteiger partial charge in [-0.05, 0) is 37.0 Å². The number of imide groups is 1. The first kappa shape index (κ1) is 30.0. The Kier molecular flexibility index (Phi) is 11.0. The Balaban J connectivity index is 2.94. The van der Waals surface area contributed by atoms with Crippen molar-refractivity contribution in [3.05, 3.63) is 29.8 Å². The molecule has 1 aromatic carbocycles. The van der Waals surface area contributed by atoms with Crippen LogP contribution in [0.1, 0.15) is 39.7 Å². The van der Waals surface area contributed by atoms with Crippen molar-refractivity contribution < 1.29 is 44.1 Å². The van der Waals surface area contributed by atoms with Gasteiger partial charge in [0, 0.05) is 6.92 Å². The minimum absolute atomic E-state index is 0.0537. The van der Waals surface area contributed by atoms with Gasteiger partial charge in [-0.2, -0.15) is 0 Å². The highest BCUT2D eigenvalue weighted by Crippen LogP contribution is 2.12. The molecular weight excluding hydrogens is 476 g/mol. The van der Waals surface area contributed by atoms with Crippen LogP contribution >= 0.6 is 0 Å². The van der Waals surface area contributed by atoms with Crippen molar-refractivity contribution in [1.29, 1.82) is 0 Å². The second kappa shape index (κ2) is 13.2. The summed E-state index contributed by atoms with van der Waals surface area (Å²) in [7, 11) is 0. The second-order valence-corrected chi connectivity index (χ2v) is 8.62. The number of hydrogen-bond acceptors (Lipinski definition) is 8. The smallest absolute Gasteiger partial charge is 0.327 e. The van der Waals surface area contributed by atoms with Crippen LogP contribution < -0.4 is 16.4 Å². The number of phenols is 1. The summed E-state index contributed by atoms with van der Waals surface area (Å²) in [5, 5.41) is 32.5. The van der Waals surface area contributed by atoms with Gasteiger partial charge in [-0.15, -0.1) is 0 Å². The van der Waals surface area contributed by atoms with Crippen LogP contribution in [0, 0.1) is 5.92 Å². The summed E-state index contributed by atoms with van der Waals surface area (Å²) < 4.78 is 0. The zero-order valence-corrected chi connectivity index (χ0v) is 20.4. The fourth-order valence-corrected chi connectivity index (χ4v) is 3.33. The van der Waals surface area contributed by atoms with E-state index in [0.29, 0.717) is 5.56 Å². The Morgan fingerprint density at radius 1 is 0.944 bits per heavy atom. The number of nitrogens with two attached hydrogens (primary N) is 1. The minimum atomic E-state index is -1.97. The first-order valence-corrected chi connectivity index (χ1v) is 11.1. The van der Waals surface area contributed by atoms with Crippen LogP contribution in [0.15, 0.2) is 24.3 Å². The predicted octanol–water partition coefficient (Wildman–Crippen LogP) is -0.789. The number of benzene rings is 1. The third-order valence-corrected chi connectivity index (χ3v) is 5.25. The van der Waals surface area contributed by atoms with Crippen molar-refractivity contribution in [3.63, 3.8) is 0 Å². The monoisotopic (exact) mass is 508 g/mol. The summed E-state index contributed by atoms with van der Waals surface area (Å²) in [6.45, 7) is 5.37. The number of hydrogen-bond donors (Lipinski definition) is 6. The summed E-state index contributed by atoms with van der Waals surface area (Å²) in [4.78, 5) is 73.1. The van der Waals surface area contributed by atoms with Crippen molar-refractivity contribution in [2.75, 3.05) is 0 Å². The van der Waals surface area contributed by atoms with Crippen LogP contribution in [0.5, 0.6) is 5.75 Å². The third kappa shape index (κ3) is 8.65. The molecule has 0 bridgehead atoms. The molecule has 0 fully saturated rings. The van der Waals surface area contributed by atoms with Gasteiger partial charge in [-0.3, -0.25) is 28.9 Å². The van der Waals surface area contributed by atoms with Gasteiger partial charge in [0.15, 0.2) is 0 Å². The molecule has 13 heteroatoms. The molecule has 0 aliphatic heterocycles. The molecule has 0 aromatic heterocycles. The average Bonchev–Trinajstić information content (AvgIpc) is 2.77. The fraction of sp³-hybridized carbons (Fsp3) is 0.478. The molecule has 0 heterocycles. The topological polar surface area (TPSA) is 216 Å². The standard InChI is InChI=1S/C23H32N4O9/c1-11(2)19(26-20(32)16(24)9-14-5-7-15(29)8-6-14)21(33)25-12(3)22(34)27(13(4)28)17(23(35)36)10-18(30)31/h5-8,11-12,16-17,19,29H,9-10,24H2,1-4H3,(H,25,33)(H,26,32)(H,30,31)(H,35,36)/t12-,16-,17-,19-/m0/s1. The molecule has 1 rings (SSSR count). The Bertz CT molecular complexity index is 994. The number of carboxylic acids is 2. The molecule has 198 valence electrons. The normalized spacial score (nSPS) is 14.2. The SMILES string of the molecule is CC(=O)N(C(=O)[C@H](C)NC(=O)[C@@H](NC(=O)[C@@H](N)Cc1ccc(O)cc1)C(C)C)[C@@H](CC(=O)O)C(=O)O. The highest BCUT2D eigenvalue weighted by molar-refractivity contribution is 6.02. The molecule has 4 atom stereocenters. The summed E-state index contributed by atoms with van der Waals surface area (Å²) in [6.07, 6.45) is -0.897. The lowest BCUT2D eigenvalue weighted by atomic mass is 10.0. The van der Waals surface area contributed by atoms with E-state index < -0.39 is 72.1 Å². The molecular formula is C23H32N4O9. The lowest BCUT2D eigenvalue weighted by Gasteiger charge is -2.29. The first-order chi connectivity index (χ1) is 16.6. The van der Waals surface area contributed by atoms with Gasteiger partial charge < -0.3 is 31.7 Å². The van der Waals surface area contributed by atoms with Gasteiger partial charge in [0.2, 0.25) is 17.7 Å². The van der Waals surface area contributed by atoms with E-state index >= 15 is 0 Å². The number of phenolic OH excluding ortho intramolecular Hbond substituents is 1. The van der Waals surface area contributed by atoms with Crippen molar-refractivity contribution in [2.45, 2.75) is 64.7 Å². The number of nitrogens with one attached hydrogen (secondary N) is 2. The zero-order valence-electron chi connectivity index (χ0n) is 20.4. The Labute approximate surface area is 207 Å². The lowest BCUT2D eigenvalue weighted by molar-refractivity contribution is -0.160. The minimum Gasteiger partial charge on any atom is -0.508 e. The molecule has 0 unspecified atom stereocenters. The van der Waals surface area contributed by atoms with Crippen molar-refractivity contribution in [3.8, 4) is 5.75 Å². The Hall–Kier alpha value is -4.00. The van der Waals surface area contributed by atoms with Crippen LogP contribution in [-0.4, -0.2) is 80.0 Å². The quantitative estimate of drug-likeness (QED) is 0.207. The first-order valence-electron chi connectivity index (χ1n) is 11.1. The highest BCUT2D eigenvalue weighted by Gasteiger charge is 2.38. The van der Waals surface area contributed by atoms with Gasteiger partial charge in [0.05, 0.1) is 12.5 Å². The summed E-state index contributed by atoms with van der Waals surface area (Å²) in [6, 6.07) is 0.542. The Morgan fingerprint density at radius 3 is 1.94 bits per heavy atom. The summed E-state index contributed by atoms with van der Waals surface area (Å²) in [5.74, 6) is -7.19. The molecule has 0 saturated heterocycles. The number of carbonyl (C=O) groups is 6. The fourth-order valence-electron chi connectivity index (χ4n) is 3.33. The van der Waals surface area contributed by atoms with E-state index in [1.807, 2.05) is 0 Å². The molecule has 0 aliphatic carbocycles. The van der Waals surface area contributed by atoms with E-state index in [0.717, 1.165) is 6.92 Å². The van der Waals surface area contributed by atoms with Crippen molar-refractivity contribution >= 4 is 35.6 Å². The van der Waals surface area contributed by atoms with E-state index in [1.165, 1.54) is 19.1 Å². The maximum Gasteiger partial charge on any atom is 0.327 e. The van der Waals surface area contributed by atoms with Crippen LogP contribution in [-0.2, 0) is 35.2 Å². The number of aromatic hydroxyl groups is 1. The molecule has 0 spiro atoms. The molecule has 1 aromatic rings. The maximum atomic E-state index is 12.9. The van der Waals surface area contributed by atoms with E-state index in [9.17, 15) is 39.0 Å². The molecule has 36 heavy (non-hydrogen) atoms. The van der Waals surface area contributed by atoms with Gasteiger partial charge >= 0.3 is 11.9 Å². The second-order valence-electron chi connectivity index (χ2n) is 8.62. The van der Waals surface area contributed by atoms with Crippen molar-refractivity contribution in [1.82, 2.24) is 15.5 Å². The number of amides is 4. The molecule has 13 nitrogen and oxygen atoms in total. The Morgan fingerprint density at radius 2 is 1.50 bits per heavy atom. The molecule has 0 saturated carbocycles. The third-order valence-electron chi connectivity index (χ3n) is 5.25. The van der Waals surface area contributed by atoms with Crippen LogP contribution in [0.25, 0.3) is 0 Å². The van der Waals surface area contributed by atoms with E-state index in [2.05, 4.69) is 10.6 Å². The number of carbonyl (C=O) groups excluding carboxylic acids is 4. The largest absolute Gasteiger partial charge is 0.508 e. The molecule has 7 N–H and O–H groups in total. The number of rotatable bonds is 12. The molecule has 4 amide bonds. The van der Waals surface area contributed by atoms with Crippen LogP contribution in [0.3, 0.4) is 0 Å².